The number of methoxy groups -OCH3 is 1. The second-order valence-electron chi connectivity index (χ2n) is 2.92. The summed E-state index contributed by atoms with van der Waals surface area (Å²) >= 11 is 0. The van der Waals surface area contributed by atoms with Crippen molar-refractivity contribution >= 4 is 5.97 Å². The first-order valence-electron chi connectivity index (χ1n) is 4.14. The van der Waals surface area contributed by atoms with Gasteiger partial charge in [0.2, 0.25) is 0 Å². The predicted octanol–water partition coefficient (Wildman–Crippen LogP) is 0.951. The van der Waals surface area contributed by atoms with Crippen LogP contribution in [-0.2, 0) is 16.1 Å². The normalized spacial score (nSPS) is 12.4. The topological polar surface area (TPSA) is 66.8 Å². The van der Waals surface area contributed by atoms with Crippen LogP contribution in [0.3, 0.4) is 0 Å². The molecule has 0 aliphatic carbocycles. The van der Waals surface area contributed by atoms with Crippen molar-refractivity contribution in [3.05, 3.63) is 35.4 Å². The Balaban J connectivity index is 2.77. The fourth-order valence-corrected chi connectivity index (χ4v) is 1.11. The summed E-state index contributed by atoms with van der Waals surface area (Å²) in [5, 5.41) is 17.7. The number of aliphatic carboxylic acids is 1. The molecule has 0 saturated heterocycles. The van der Waals surface area contributed by atoms with E-state index in [-0.39, 0.29) is 0 Å². The van der Waals surface area contributed by atoms with E-state index in [4.69, 9.17) is 9.84 Å². The molecule has 1 aromatic carbocycles. The van der Waals surface area contributed by atoms with Crippen molar-refractivity contribution in [2.45, 2.75) is 12.7 Å². The van der Waals surface area contributed by atoms with Crippen LogP contribution in [0, 0.1) is 0 Å². The maximum Gasteiger partial charge on any atom is 0.337 e. The van der Waals surface area contributed by atoms with E-state index in [2.05, 4.69) is 0 Å². The van der Waals surface area contributed by atoms with E-state index < -0.39 is 12.1 Å². The summed E-state index contributed by atoms with van der Waals surface area (Å²) in [4.78, 5) is 10.4. The number of carboxylic acids is 1. The van der Waals surface area contributed by atoms with Gasteiger partial charge in [0.25, 0.3) is 0 Å². The SMILES string of the molecule is COCc1ccc(C(O)C(=O)O)cc1. The molecule has 2 N–H and O–H groups in total. The molecule has 0 amide bonds. The predicted molar refractivity (Wildman–Crippen MR) is 49.8 cm³/mol. The number of rotatable bonds is 4. The third-order valence-electron chi connectivity index (χ3n) is 1.84. The molecule has 0 bridgehead atoms. The number of aliphatic hydroxyl groups is 1. The summed E-state index contributed by atoms with van der Waals surface area (Å²) < 4.78 is 4.90. The van der Waals surface area contributed by atoms with E-state index in [0.717, 1.165) is 5.56 Å². The Hall–Kier alpha value is -1.39. The highest BCUT2D eigenvalue weighted by Crippen LogP contribution is 2.14. The van der Waals surface area contributed by atoms with Crippen LogP contribution >= 0.6 is 0 Å². The van der Waals surface area contributed by atoms with Gasteiger partial charge in [-0.05, 0) is 11.1 Å². The molecule has 0 radical (unpaired) electrons. The largest absolute Gasteiger partial charge is 0.479 e. The molecule has 0 fully saturated rings. The number of hydrogen-bond donors (Lipinski definition) is 2. The van der Waals surface area contributed by atoms with Crippen molar-refractivity contribution < 1.29 is 19.7 Å². The van der Waals surface area contributed by atoms with Crippen molar-refractivity contribution in [3.8, 4) is 0 Å². The second-order valence-corrected chi connectivity index (χ2v) is 2.92. The molecule has 0 aromatic heterocycles. The van der Waals surface area contributed by atoms with Gasteiger partial charge in [0.1, 0.15) is 0 Å². The lowest BCUT2D eigenvalue weighted by molar-refractivity contribution is -0.146. The highest BCUT2D eigenvalue weighted by atomic mass is 16.5. The summed E-state index contributed by atoms with van der Waals surface area (Å²) in [5.74, 6) is -1.25. The molecule has 1 aromatic rings. The molecular formula is C10H12O4. The lowest BCUT2D eigenvalue weighted by Gasteiger charge is -2.06. The Labute approximate surface area is 81.8 Å². The Morgan fingerprint density at radius 1 is 1.43 bits per heavy atom. The Kier molecular flexibility index (Phi) is 3.62. The van der Waals surface area contributed by atoms with Crippen LogP contribution in [0.1, 0.15) is 17.2 Å². The average Bonchev–Trinajstić information content (AvgIpc) is 2.18. The van der Waals surface area contributed by atoms with E-state index >= 15 is 0 Å². The van der Waals surface area contributed by atoms with E-state index in [9.17, 15) is 9.90 Å². The third kappa shape index (κ3) is 2.55. The first kappa shape index (κ1) is 10.7. The zero-order chi connectivity index (χ0) is 10.6. The van der Waals surface area contributed by atoms with Crippen LogP contribution < -0.4 is 0 Å². The molecule has 1 unspecified atom stereocenters. The third-order valence-corrected chi connectivity index (χ3v) is 1.84. The minimum Gasteiger partial charge on any atom is -0.479 e. The molecule has 0 aliphatic rings. The smallest absolute Gasteiger partial charge is 0.337 e. The van der Waals surface area contributed by atoms with Crippen LogP contribution in [-0.4, -0.2) is 23.3 Å². The second kappa shape index (κ2) is 4.74. The zero-order valence-corrected chi connectivity index (χ0v) is 7.80. The van der Waals surface area contributed by atoms with Crippen molar-refractivity contribution in [3.63, 3.8) is 0 Å². The van der Waals surface area contributed by atoms with E-state index in [1.165, 1.54) is 0 Å². The van der Waals surface area contributed by atoms with Crippen LogP contribution in [0.5, 0.6) is 0 Å². The first-order valence-corrected chi connectivity index (χ1v) is 4.14. The average molecular weight is 196 g/mol. The Morgan fingerprint density at radius 3 is 2.43 bits per heavy atom. The number of aliphatic hydroxyl groups excluding tert-OH is 1. The lowest BCUT2D eigenvalue weighted by atomic mass is 10.1. The van der Waals surface area contributed by atoms with Gasteiger partial charge in [-0.25, -0.2) is 4.79 Å². The number of hydrogen-bond acceptors (Lipinski definition) is 3. The van der Waals surface area contributed by atoms with Gasteiger partial charge in [0.15, 0.2) is 6.10 Å². The van der Waals surface area contributed by atoms with Gasteiger partial charge in [-0.1, -0.05) is 24.3 Å². The minimum absolute atomic E-state index is 0.373. The molecule has 0 spiro atoms. The molecule has 0 heterocycles. The minimum atomic E-state index is -1.45. The maximum atomic E-state index is 10.4. The van der Waals surface area contributed by atoms with Gasteiger partial charge in [0, 0.05) is 7.11 Å². The summed E-state index contributed by atoms with van der Waals surface area (Å²) in [6.07, 6.45) is -1.45. The molecule has 0 saturated carbocycles. The molecule has 1 atom stereocenters. The molecule has 14 heavy (non-hydrogen) atoms. The fourth-order valence-electron chi connectivity index (χ4n) is 1.11. The van der Waals surface area contributed by atoms with E-state index in [1.54, 1.807) is 31.4 Å². The van der Waals surface area contributed by atoms with Crippen LogP contribution in [0.15, 0.2) is 24.3 Å². The van der Waals surface area contributed by atoms with Gasteiger partial charge in [-0.3, -0.25) is 0 Å². The summed E-state index contributed by atoms with van der Waals surface area (Å²) in [6.45, 7) is 0.476. The molecule has 4 nitrogen and oxygen atoms in total. The van der Waals surface area contributed by atoms with Gasteiger partial charge < -0.3 is 14.9 Å². The number of carboxylic acid groups (broad SMARTS) is 1. The van der Waals surface area contributed by atoms with Gasteiger partial charge in [0.05, 0.1) is 6.61 Å². The van der Waals surface area contributed by atoms with Gasteiger partial charge in [-0.2, -0.15) is 0 Å². The zero-order valence-electron chi connectivity index (χ0n) is 7.80. The monoisotopic (exact) mass is 196 g/mol. The Bertz CT molecular complexity index is 304. The van der Waals surface area contributed by atoms with E-state index in [1.807, 2.05) is 0 Å². The summed E-state index contributed by atoms with van der Waals surface area (Å²) in [7, 11) is 1.58. The number of benzene rings is 1. The van der Waals surface area contributed by atoms with Crippen molar-refractivity contribution in [2.75, 3.05) is 7.11 Å². The van der Waals surface area contributed by atoms with Gasteiger partial charge >= 0.3 is 5.97 Å². The maximum absolute atomic E-state index is 10.4. The van der Waals surface area contributed by atoms with Crippen LogP contribution in [0.4, 0.5) is 0 Å². The molecule has 1 rings (SSSR count). The molecule has 76 valence electrons. The van der Waals surface area contributed by atoms with Crippen molar-refractivity contribution in [2.24, 2.45) is 0 Å². The quantitative estimate of drug-likeness (QED) is 0.752. The van der Waals surface area contributed by atoms with Crippen LogP contribution in [0.25, 0.3) is 0 Å². The number of carbonyl (C=O) groups is 1. The highest BCUT2D eigenvalue weighted by Gasteiger charge is 2.14. The van der Waals surface area contributed by atoms with Crippen molar-refractivity contribution in [1.82, 2.24) is 0 Å². The first-order chi connectivity index (χ1) is 6.65. The molecular weight excluding hydrogens is 184 g/mol. The van der Waals surface area contributed by atoms with E-state index in [0.29, 0.717) is 12.2 Å². The summed E-state index contributed by atoms with van der Waals surface area (Å²) in [6, 6.07) is 6.61. The molecule has 4 heteroatoms. The van der Waals surface area contributed by atoms with Crippen LogP contribution in [0.2, 0.25) is 0 Å². The number of ether oxygens (including phenoxy) is 1. The summed E-state index contributed by atoms with van der Waals surface area (Å²) in [5.41, 5.74) is 1.31. The molecule has 0 aliphatic heterocycles. The van der Waals surface area contributed by atoms with Crippen molar-refractivity contribution in [1.29, 1.82) is 0 Å². The standard InChI is InChI=1S/C10H12O4/c1-14-6-7-2-4-8(5-3-7)9(11)10(12)13/h2-5,9,11H,6H2,1H3,(H,12,13). The lowest BCUT2D eigenvalue weighted by Crippen LogP contribution is -2.10. The van der Waals surface area contributed by atoms with Gasteiger partial charge in [-0.15, -0.1) is 0 Å². The fraction of sp³-hybridized carbons (Fsp3) is 0.300. The Morgan fingerprint density at radius 2 is 2.00 bits per heavy atom. The highest BCUT2D eigenvalue weighted by molar-refractivity contribution is 5.73.